The van der Waals surface area contributed by atoms with Gasteiger partial charge < -0.3 is 10.1 Å². The molecule has 0 heterocycles. The first kappa shape index (κ1) is 26.4. The summed E-state index contributed by atoms with van der Waals surface area (Å²) in [6.07, 6.45) is 1.52. The summed E-state index contributed by atoms with van der Waals surface area (Å²) < 4.78 is 33.3. The first-order valence-corrected chi connectivity index (χ1v) is 13.1. The molecule has 4 aromatic carbocycles. The van der Waals surface area contributed by atoms with Gasteiger partial charge >= 0.3 is 0 Å². The number of fused-ring (bicyclic) bond motifs is 1. The lowest BCUT2D eigenvalue weighted by Crippen LogP contribution is -2.39. The lowest BCUT2D eigenvalue weighted by Gasteiger charge is -2.24. The van der Waals surface area contributed by atoms with Crippen LogP contribution in [0.3, 0.4) is 0 Å². The number of nitrogens with zero attached hydrogens (tertiary/aromatic N) is 2. The SMILES string of the molecule is COc1ccc(N(CC(=O)N/N=C/c2cccc3ccccc23)S(=O)(=O)c2ccc(NC(C)=O)cc2)cc1. The van der Waals surface area contributed by atoms with Crippen LogP contribution in [0.15, 0.2) is 101 Å². The van der Waals surface area contributed by atoms with Gasteiger partial charge in [-0.25, -0.2) is 13.8 Å². The minimum Gasteiger partial charge on any atom is -0.497 e. The molecule has 0 fully saturated rings. The van der Waals surface area contributed by atoms with Crippen molar-refractivity contribution in [1.82, 2.24) is 5.43 Å². The van der Waals surface area contributed by atoms with Gasteiger partial charge in [-0.1, -0.05) is 42.5 Å². The number of benzene rings is 4. The average Bonchev–Trinajstić information content (AvgIpc) is 2.92. The summed E-state index contributed by atoms with van der Waals surface area (Å²) in [5.74, 6) is -0.369. The molecule has 0 saturated heterocycles. The molecule has 194 valence electrons. The molecular weight excluding hydrogens is 504 g/mol. The highest BCUT2D eigenvalue weighted by Crippen LogP contribution is 2.26. The lowest BCUT2D eigenvalue weighted by atomic mass is 10.1. The van der Waals surface area contributed by atoms with Crippen LogP contribution in [0.25, 0.3) is 10.8 Å². The molecule has 4 aromatic rings. The molecule has 0 unspecified atom stereocenters. The van der Waals surface area contributed by atoms with Crippen LogP contribution < -0.4 is 19.8 Å². The third-order valence-electron chi connectivity index (χ3n) is 5.63. The third kappa shape index (κ3) is 6.16. The molecule has 0 radical (unpaired) electrons. The number of amides is 2. The van der Waals surface area contributed by atoms with Crippen molar-refractivity contribution in [3.05, 3.63) is 96.6 Å². The number of hydrazone groups is 1. The summed E-state index contributed by atoms with van der Waals surface area (Å²) in [7, 11) is -2.65. The molecule has 0 aromatic heterocycles. The number of carbonyl (C=O) groups excluding carboxylic acids is 2. The third-order valence-corrected chi connectivity index (χ3v) is 7.41. The number of nitrogens with one attached hydrogen (secondary N) is 2. The molecule has 4 rings (SSSR count). The number of methoxy groups -OCH3 is 1. The van der Waals surface area contributed by atoms with Gasteiger partial charge in [0.25, 0.3) is 15.9 Å². The fourth-order valence-electron chi connectivity index (χ4n) is 3.81. The maximum Gasteiger partial charge on any atom is 0.264 e. The van der Waals surface area contributed by atoms with Crippen LogP contribution in [0.4, 0.5) is 11.4 Å². The lowest BCUT2D eigenvalue weighted by molar-refractivity contribution is -0.119. The second kappa shape index (κ2) is 11.6. The molecule has 0 bridgehead atoms. The number of sulfonamides is 1. The van der Waals surface area contributed by atoms with Crippen LogP contribution in [-0.2, 0) is 19.6 Å². The van der Waals surface area contributed by atoms with E-state index < -0.39 is 22.5 Å². The van der Waals surface area contributed by atoms with Crippen LogP contribution >= 0.6 is 0 Å². The van der Waals surface area contributed by atoms with E-state index in [4.69, 9.17) is 4.74 Å². The summed E-state index contributed by atoms with van der Waals surface area (Å²) >= 11 is 0. The van der Waals surface area contributed by atoms with E-state index in [0.29, 0.717) is 11.4 Å². The Morgan fingerprint density at radius 2 is 1.61 bits per heavy atom. The zero-order valence-corrected chi connectivity index (χ0v) is 21.6. The molecular formula is C28H26N4O5S. The number of ether oxygens (including phenoxy) is 1. The molecule has 0 atom stereocenters. The van der Waals surface area contributed by atoms with Crippen molar-refractivity contribution in [2.45, 2.75) is 11.8 Å². The van der Waals surface area contributed by atoms with E-state index in [2.05, 4.69) is 15.8 Å². The number of anilines is 2. The Morgan fingerprint density at radius 3 is 2.29 bits per heavy atom. The van der Waals surface area contributed by atoms with Crippen molar-refractivity contribution in [1.29, 1.82) is 0 Å². The van der Waals surface area contributed by atoms with Crippen LogP contribution in [0.1, 0.15) is 12.5 Å². The predicted molar refractivity (Wildman–Crippen MR) is 148 cm³/mol. The van der Waals surface area contributed by atoms with E-state index >= 15 is 0 Å². The standard InChI is InChI=1S/C28H26N4O5S/c1-20(33)30-23-10-16-26(17-11-23)38(35,36)32(24-12-14-25(37-2)15-13-24)19-28(34)31-29-18-22-8-5-7-21-6-3-4-9-27(21)22/h3-18H,19H2,1-2H3,(H,30,33)(H,31,34)/b29-18+. The summed E-state index contributed by atoms with van der Waals surface area (Å²) in [5, 5.41) is 8.65. The average molecular weight is 531 g/mol. The largest absolute Gasteiger partial charge is 0.497 e. The molecule has 2 amide bonds. The highest BCUT2D eigenvalue weighted by molar-refractivity contribution is 7.92. The summed E-state index contributed by atoms with van der Waals surface area (Å²) in [4.78, 5) is 24.1. The van der Waals surface area contributed by atoms with Crippen molar-refractivity contribution in [2.24, 2.45) is 5.10 Å². The molecule has 0 aliphatic heterocycles. The van der Waals surface area contributed by atoms with Crippen molar-refractivity contribution in [3.63, 3.8) is 0 Å². The smallest absolute Gasteiger partial charge is 0.264 e. The fraction of sp³-hybridized carbons (Fsp3) is 0.107. The molecule has 10 heteroatoms. The van der Waals surface area contributed by atoms with Crippen molar-refractivity contribution in [2.75, 3.05) is 23.3 Å². The van der Waals surface area contributed by atoms with Gasteiger partial charge in [0.15, 0.2) is 0 Å². The van der Waals surface area contributed by atoms with E-state index in [9.17, 15) is 18.0 Å². The Balaban J connectivity index is 1.58. The number of hydrogen-bond acceptors (Lipinski definition) is 6. The Hall–Kier alpha value is -4.70. The van der Waals surface area contributed by atoms with Crippen LogP contribution in [-0.4, -0.2) is 40.1 Å². The van der Waals surface area contributed by atoms with Gasteiger partial charge in [-0.15, -0.1) is 0 Å². The Labute approximate surface area is 220 Å². The van der Waals surface area contributed by atoms with Crippen LogP contribution in [0.5, 0.6) is 5.75 Å². The van der Waals surface area contributed by atoms with Gasteiger partial charge in [0.2, 0.25) is 5.91 Å². The molecule has 0 aliphatic carbocycles. The number of carbonyl (C=O) groups is 2. The van der Waals surface area contributed by atoms with Crippen molar-refractivity contribution >= 4 is 50.2 Å². The predicted octanol–water partition coefficient (Wildman–Crippen LogP) is 4.15. The quantitative estimate of drug-likeness (QED) is 0.249. The van der Waals surface area contributed by atoms with E-state index in [1.165, 1.54) is 44.5 Å². The van der Waals surface area contributed by atoms with Crippen LogP contribution in [0, 0.1) is 0 Å². The summed E-state index contributed by atoms with van der Waals surface area (Å²) in [6.45, 7) is 0.840. The maximum absolute atomic E-state index is 13.6. The van der Waals surface area contributed by atoms with Gasteiger partial charge in [0.1, 0.15) is 12.3 Å². The monoisotopic (exact) mass is 530 g/mol. The minimum absolute atomic E-state index is 0.0468. The first-order valence-electron chi connectivity index (χ1n) is 11.6. The second-order valence-electron chi connectivity index (χ2n) is 8.28. The van der Waals surface area contributed by atoms with E-state index in [0.717, 1.165) is 20.6 Å². The highest BCUT2D eigenvalue weighted by Gasteiger charge is 2.27. The number of rotatable bonds is 9. The molecule has 0 aliphatic rings. The fourth-order valence-corrected chi connectivity index (χ4v) is 5.23. The van der Waals surface area contributed by atoms with Gasteiger partial charge in [-0.2, -0.15) is 5.10 Å². The molecule has 0 spiro atoms. The Kier molecular flexibility index (Phi) is 8.03. The highest BCUT2D eigenvalue weighted by atomic mass is 32.2. The molecule has 0 saturated carbocycles. The van der Waals surface area contributed by atoms with Crippen LogP contribution in [0.2, 0.25) is 0 Å². The van der Waals surface area contributed by atoms with Gasteiger partial charge in [-0.05, 0) is 59.3 Å². The Morgan fingerprint density at radius 1 is 0.921 bits per heavy atom. The first-order chi connectivity index (χ1) is 18.3. The van der Waals surface area contributed by atoms with E-state index in [1.807, 2.05) is 42.5 Å². The van der Waals surface area contributed by atoms with Gasteiger partial charge in [0.05, 0.1) is 23.9 Å². The molecule has 2 N–H and O–H groups in total. The van der Waals surface area contributed by atoms with Gasteiger partial charge in [0, 0.05) is 18.2 Å². The van der Waals surface area contributed by atoms with Crippen molar-refractivity contribution < 1.29 is 22.7 Å². The normalized spacial score (nSPS) is 11.3. The minimum atomic E-state index is -4.15. The molecule has 38 heavy (non-hydrogen) atoms. The topological polar surface area (TPSA) is 117 Å². The van der Waals surface area contributed by atoms with Gasteiger partial charge in [-0.3, -0.25) is 13.9 Å². The summed E-state index contributed by atoms with van der Waals surface area (Å²) in [5.41, 5.74) is 3.95. The van der Waals surface area contributed by atoms with Crippen molar-refractivity contribution in [3.8, 4) is 5.75 Å². The Bertz CT molecular complexity index is 1580. The van der Waals surface area contributed by atoms with E-state index in [1.54, 1.807) is 24.3 Å². The maximum atomic E-state index is 13.6. The second-order valence-corrected chi connectivity index (χ2v) is 10.1. The zero-order valence-electron chi connectivity index (χ0n) is 20.8. The number of hydrogen-bond donors (Lipinski definition) is 2. The van der Waals surface area contributed by atoms with E-state index in [-0.39, 0.29) is 16.5 Å². The summed E-state index contributed by atoms with van der Waals surface area (Å²) in [6, 6.07) is 25.5. The zero-order chi connectivity index (χ0) is 27.1. The molecule has 9 nitrogen and oxygen atoms in total.